The lowest BCUT2D eigenvalue weighted by Gasteiger charge is -2.43. The molecule has 2 aliphatic heterocycles. The first-order valence-corrected chi connectivity index (χ1v) is 7.62. The standard InChI is InChI=1S/C19H27NO3/c1-12(2)7-14-11-20-6-5-13-8-18(22-3)19(23-4)9-15(13)16(20)10-17(14)21/h8-9,12,14,16H,5-7,10-11H2,1-4H3/i5D2,6D2,10D2,14D,16D. The first-order valence-electron chi connectivity index (χ1n) is 11.6. The molecule has 1 aromatic carbocycles. The van der Waals surface area contributed by atoms with Crippen molar-refractivity contribution in [1.82, 2.24) is 4.90 Å². The van der Waals surface area contributed by atoms with E-state index in [9.17, 15) is 4.79 Å². The van der Waals surface area contributed by atoms with Crippen LogP contribution in [0, 0.1) is 11.8 Å². The molecule has 2 atom stereocenters. The summed E-state index contributed by atoms with van der Waals surface area (Å²) in [4.78, 5) is 13.9. The van der Waals surface area contributed by atoms with Crippen LogP contribution in [0.3, 0.4) is 0 Å². The SMILES string of the molecule is [2H]C1(CC(C)C)CN2C([2H])([2H])C([2H])([2H])c3cc(OC)c(OC)cc3C2([2H])C([2H])([2H])C1=O. The van der Waals surface area contributed by atoms with Crippen LogP contribution >= 0.6 is 0 Å². The first kappa shape index (κ1) is 9.07. The van der Waals surface area contributed by atoms with Crippen LogP contribution < -0.4 is 9.47 Å². The highest BCUT2D eigenvalue weighted by Crippen LogP contribution is 2.42. The summed E-state index contributed by atoms with van der Waals surface area (Å²) in [6, 6.07) is -0.196. The monoisotopic (exact) mass is 325 g/mol. The van der Waals surface area contributed by atoms with Crippen molar-refractivity contribution >= 4 is 5.78 Å². The Morgan fingerprint density at radius 1 is 1.35 bits per heavy atom. The zero-order valence-corrected chi connectivity index (χ0v) is 13.8. The second-order valence-electron chi connectivity index (χ2n) is 6.08. The lowest BCUT2D eigenvalue weighted by atomic mass is 9.80. The van der Waals surface area contributed by atoms with E-state index in [1.165, 1.54) is 26.4 Å². The van der Waals surface area contributed by atoms with Gasteiger partial charge in [0, 0.05) is 40.9 Å². The summed E-state index contributed by atoms with van der Waals surface area (Å²) in [7, 11) is 2.65. The maximum atomic E-state index is 13.2. The quantitative estimate of drug-likeness (QED) is 0.852. The zero-order valence-electron chi connectivity index (χ0n) is 21.8. The summed E-state index contributed by atoms with van der Waals surface area (Å²) < 4.78 is 79.9. The third-order valence-corrected chi connectivity index (χ3v) is 3.93. The number of ether oxygens (including phenoxy) is 2. The van der Waals surface area contributed by atoms with E-state index in [2.05, 4.69) is 0 Å². The predicted molar refractivity (Wildman–Crippen MR) is 90.1 cm³/mol. The van der Waals surface area contributed by atoms with Gasteiger partial charge in [0.2, 0.25) is 0 Å². The molecule has 0 aliphatic carbocycles. The number of nitrogens with zero attached hydrogens (tertiary/aromatic N) is 1. The maximum absolute atomic E-state index is 13.2. The van der Waals surface area contributed by atoms with E-state index in [1.807, 2.05) is 0 Å². The van der Waals surface area contributed by atoms with Gasteiger partial charge in [-0.25, -0.2) is 0 Å². The number of benzene rings is 1. The van der Waals surface area contributed by atoms with Crippen molar-refractivity contribution in [3.63, 3.8) is 0 Å². The average molecular weight is 325 g/mol. The van der Waals surface area contributed by atoms with Gasteiger partial charge < -0.3 is 9.47 Å². The predicted octanol–water partition coefficient (Wildman–Crippen LogP) is 3.24. The summed E-state index contributed by atoms with van der Waals surface area (Å²) in [6.45, 7) is 0.0164. The Morgan fingerprint density at radius 3 is 2.70 bits per heavy atom. The molecule has 2 aliphatic rings. The molecule has 1 aromatic rings. The van der Waals surface area contributed by atoms with Crippen LogP contribution in [0.4, 0.5) is 0 Å². The molecule has 4 nitrogen and oxygen atoms in total. The van der Waals surface area contributed by atoms with Crippen molar-refractivity contribution in [2.75, 3.05) is 27.3 Å². The van der Waals surface area contributed by atoms with Crippen LogP contribution in [0.2, 0.25) is 0 Å². The second kappa shape index (κ2) is 6.52. The smallest absolute Gasteiger partial charge is 0.161 e. The lowest BCUT2D eigenvalue weighted by molar-refractivity contribution is -0.129. The van der Waals surface area contributed by atoms with E-state index in [0.717, 1.165) is 0 Å². The number of rotatable bonds is 4. The molecule has 2 unspecified atom stereocenters. The summed E-state index contributed by atoms with van der Waals surface area (Å²) in [5.74, 6) is -3.12. The molecule has 1 fully saturated rings. The van der Waals surface area contributed by atoms with Gasteiger partial charge in [0.25, 0.3) is 0 Å². The van der Waals surface area contributed by atoms with Gasteiger partial charge in [0.1, 0.15) is 5.78 Å². The fourth-order valence-electron chi connectivity index (χ4n) is 2.87. The second-order valence-corrected chi connectivity index (χ2v) is 6.08. The van der Waals surface area contributed by atoms with Crippen LogP contribution in [0.5, 0.6) is 11.5 Å². The van der Waals surface area contributed by atoms with Gasteiger partial charge in [-0.3, -0.25) is 9.69 Å². The van der Waals surface area contributed by atoms with Crippen molar-refractivity contribution in [2.45, 2.75) is 39.0 Å². The molecule has 0 aromatic heterocycles. The summed E-state index contributed by atoms with van der Waals surface area (Å²) in [5, 5.41) is 0. The van der Waals surface area contributed by atoms with Crippen molar-refractivity contribution in [3.8, 4) is 11.5 Å². The van der Waals surface area contributed by atoms with Crippen LogP contribution in [0.25, 0.3) is 0 Å². The Hall–Kier alpha value is -1.55. The van der Waals surface area contributed by atoms with Crippen LogP contribution in [-0.4, -0.2) is 37.9 Å². The molecule has 0 radical (unpaired) electrons. The minimum atomic E-state index is -3.00. The van der Waals surface area contributed by atoms with E-state index in [4.69, 9.17) is 20.4 Å². The Kier molecular flexibility index (Phi) is 2.57. The molecule has 0 N–H and O–H groups in total. The minimum absolute atomic E-state index is 0.0458. The number of carbonyl (C=O) groups excluding carboxylic acids is 1. The summed E-state index contributed by atoms with van der Waals surface area (Å²) in [6.07, 6.45) is -5.74. The molecule has 2 heterocycles. The highest BCUT2D eigenvalue weighted by atomic mass is 16.5. The molecule has 0 spiro atoms. The van der Waals surface area contributed by atoms with Gasteiger partial charge in [-0.1, -0.05) is 13.8 Å². The molecular formula is C19H27NO3. The molecule has 3 rings (SSSR count). The highest BCUT2D eigenvalue weighted by Gasteiger charge is 2.38. The number of methoxy groups -OCH3 is 2. The molecule has 23 heavy (non-hydrogen) atoms. The Morgan fingerprint density at radius 2 is 2.04 bits per heavy atom. The number of hydrogen-bond acceptors (Lipinski definition) is 4. The van der Waals surface area contributed by atoms with E-state index in [1.54, 1.807) is 13.8 Å². The van der Waals surface area contributed by atoms with Gasteiger partial charge in [-0.05, 0) is 42.0 Å². The molecular weight excluding hydrogens is 290 g/mol. The van der Waals surface area contributed by atoms with E-state index >= 15 is 0 Å². The van der Waals surface area contributed by atoms with Gasteiger partial charge in [-0.15, -0.1) is 0 Å². The Bertz CT molecular complexity index is 922. The fraction of sp³-hybridized carbons (Fsp3) is 0.632. The van der Waals surface area contributed by atoms with E-state index in [0.29, 0.717) is 4.90 Å². The number of ketones is 1. The molecule has 0 saturated carbocycles. The highest BCUT2D eigenvalue weighted by molar-refractivity contribution is 5.83. The fourth-order valence-corrected chi connectivity index (χ4v) is 2.87. The minimum Gasteiger partial charge on any atom is -0.493 e. The number of Topliss-reactive ketones (excluding diaryl/α,β-unsaturated/α-hetero) is 1. The maximum Gasteiger partial charge on any atom is 0.161 e. The summed E-state index contributed by atoms with van der Waals surface area (Å²) >= 11 is 0. The lowest BCUT2D eigenvalue weighted by Crippen LogP contribution is -2.46. The molecule has 0 bridgehead atoms. The van der Waals surface area contributed by atoms with Crippen molar-refractivity contribution in [3.05, 3.63) is 23.3 Å². The average Bonchev–Trinajstić information content (AvgIpc) is 2.67. The van der Waals surface area contributed by atoms with Gasteiger partial charge in [0.15, 0.2) is 11.5 Å². The Labute approximate surface area is 150 Å². The molecule has 126 valence electrons. The number of hydrogen-bond donors (Lipinski definition) is 0. The van der Waals surface area contributed by atoms with Gasteiger partial charge >= 0.3 is 0 Å². The first-order chi connectivity index (χ1) is 14.0. The largest absolute Gasteiger partial charge is 0.493 e. The number of carbonyl (C=O) groups is 1. The van der Waals surface area contributed by atoms with E-state index < -0.39 is 43.5 Å². The van der Waals surface area contributed by atoms with Gasteiger partial charge in [0.05, 0.1) is 15.6 Å². The number of fused-ring (bicyclic) bond motifs is 3. The van der Waals surface area contributed by atoms with Crippen molar-refractivity contribution in [1.29, 1.82) is 0 Å². The molecule has 1 saturated heterocycles. The van der Waals surface area contributed by atoms with Crippen LogP contribution in [-0.2, 0) is 11.2 Å². The Balaban J connectivity index is 2.40. The van der Waals surface area contributed by atoms with Crippen LogP contribution in [0.1, 0.15) is 54.8 Å². The van der Waals surface area contributed by atoms with Gasteiger partial charge in [-0.2, -0.15) is 0 Å². The number of aryl methyl sites for hydroxylation is 1. The van der Waals surface area contributed by atoms with Crippen molar-refractivity contribution < 1.29 is 25.2 Å². The number of piperidine rings is 1. The van der Waals surface area contributed by atoms with Crippen molar-refractivity contribution in [2.24, 2.45) is 11.8 Å². The third kappa shape index (κ3) is 3.09. The third-order valence-electron chi connectivity index (χ3n) is 3.93. The summed E-state index contributed by atoms with van der Waals surface area (Å²) in [5.41, 5.74) is -0.519. The molecule has 4 heteroatoms. The molecule has 0 amide bonds. The van der Waals surface area contributed by atoms with E-state index in [-0.39, 0.29) is 35.0 Å². The zero-order chi connectivity index (χ0) is 23.8. The normalized spacial score (nSPS) is 42.4. The van der Waals surface area contributed by atoms with Crippen LogP contribution in [0.15, 0.2) is 12.1 Å². The topological polar surface area (TPSA) is 38.8 Å².